The molecule has 1 aliphatic rings. The third-order valence-corrected chi connectivity index (χ3v) is 6.34. The normalized spacial score (nSPS) is 12.9. The van der Waals surface area contributed by atoms with Crippen molar-refractivity contribution in [3.05, 3.63) is 114 Å². The highest BCUT2D eigenvalue weighted by atomic mass is 16.5. The van der Waals surface area contributed by atoms with Crippen LogP contribution in [0.25, 0.3) is 22.3 Å². The molecule has 35 heavy (non-hydrogen) atoms. The zero-order valence-electron chi connectivity index (χ0n) is 18.9. The summed E-state index contributed by atoms with van der Waals surface area (Å²) < 4.78 is 5.52. The molecule has 0 radical (unpaired) electrons. The number of aliphatic carboxylic acids is 1. The fourth-order valence-electron chi connectivity index (χ4n) is 4.60. The van der Waals surface area contributed by atoms with E-state index in [1.165, 1.54) is 0 Å². The Labute approximate surface area is 203 Å². The van der Waals surface area contributed by atoms with E-state index >= 15 is 0 Å². The molecular weight excluding hydrogens is 440 g/mol. The van der Waals surface area contributed by atoms with Crippen molar-refractivity contribution in [1.82, 2.24) is 10.3 Å². The predicted molar refractivity (Wildman–Crippen MR) is 133 cm³/mol. The van der Waals surface area contributed by atoms with Crippen molar-refractivity contribution in [2.45, 2.75) is 18.4 Å². The summed E-state index contributed by atoms with van der Waals surface area (Å²) in [7, 11) is 0. The first-order chi connectivity index (χ1) is 17.1. The van der Waals surface area contributed by atoms with Gasteiger partial charge in [-0.1, -0.05) is 72.8 Å². The van der Waals surface area contributed by atoms with Crippen LogP contribution in [0.15, 0.2) is 97.3 Å². The Bertz CT molecular complexity index is 1310. The summed E-state index contributed by atoms with van der Waals surface area (Å²) in [6.45, 7) is 0.132. The maximum Gasteiger partial charge on any atom is 0.407 e. The molecule has 4 aromatic rings. The molecule has 0 bridgehead atoms. The number of alkyl carbamates (subject to hydrolysis) is 1. The summed E-state index contributed by atoms with van der Waals surface area (Å²) >= 11 is 0. The molecule has 1 amide bonds. The van der Waals surface area contributed by atoms with Gasteiger partial charge in [0.2, 0.25) is 0 Å². The Morgan fingerprint density at radius 1 is 0.829 bits per heavy atom. The van der Waals surface area contributed by atoms with Crippen LogP contribution < -0.4 is 5.32 Å². The highest BCUT2D eigenvalue weighted by Crippen LogP contribution is 2.44. The summed E-state index contributed by atoms with van der Waals surface area (Å²) in [4.78, 5) is 28.4. The van der Waals surface area contributed by atoms with Crippen LogP contribution in [0.4, 0.5) is 4.79 Å². The average molecular weight is 465 g/mol. The minimum absolute atomic E-state index is 0.0860. The molecule has 2 N–H and O–H groups in total. The van der Waals surface area contributed by atoms with E-state index in [1.54, 1.807) is 12.4 Å². The van der Waals surface area contributed by atoms with Crippen molar-refractivity contribution >= 4 is 12.1 Å². The number of nitrogens with one attached hydrogen (secondary N) is 1. The van der Waals surface area contributed by atoms with Crippen molar-refractivity contribution in [3.63, 3.8) is 0 Å². The summed E-state index contributed by atoms with van der Waals surface area (Å²) in [5, 5.41) is 12.2. The van der Waals surface area contributed by atoms with E-state index in [4.69, 9.17) is 4.74 Å². The lowest BCUT2D eigenvalue weighted by molar-refractivity contribution is -0.139. The maximum absolute atomic E-state index is 12.6. The predicted octanol–water partition coefficient (Wildman–Crippen LogP) is 5.28. The largest absolute Gasteiger partial charge is 0.480 e. The minimum Gasteiger partial charge on any atom is -0.480 e. The van der Waals surface area contributed by atoms with E-state index < -0.39 is 18.1 Å². The van der Waals surface area contributed by atoms with Crippen molar-refractivity contribution in [1.29, 1.82) is 0 Å². The zero-order chi connectivity index (χ0) is 24.2. The Kier molecular flexibility index (Phi) is 6.26. The fraction of sp³-hybridized carbons (Fsp3) is 0.138. The van der Waals surface area contributed by atoms with Gasteiger partial charge < -0.3 is 15.2 Å². The molecule has 174 valence electrons. The number of amides is 1. The van der Waals surface area contributed by atoms with Gasteiger partial charge in [-0.2, -0.15) is 0 Å². The second-order valence-electron chi connectivity index (χ2n) is 8.50. The fourth-order valence-corrected chi connectivity index (χ4v) is 4.60. The smallest absolute Gasteiger partial charge is 0.407 e. The summed E-state index contributed by atoms with van der Waals surface area (Å²) in [5.41, 5.74) is 7.31. The molecular formula is C29H24N2O4. The van der Waals surface area contributed by atoms with Crippen molar-refractivity contribution in [3.8, 4) is 22.3 Å². The van der Waals surface area contributed by atoms with Gasteiger partial charge >= 0.3 is 12.1 Å². The Morgan fingerprint density at radius 2 is 1.40 bits per heavy atom. The lowest BCUT2D eigenvalue weighted by atomic mass is 9.98. The number of hydrogen-bond acceptors (Lipinski definition) is 4. The van der Waals surface area contributed by atoms with Crippen LogP contribution in [0.2, 0.25) is 0 Å². The van der Waals surface area contributed by atoms with Gasteiger partial charge in [-0.25, -0.2) is 9.59 Å². The van der Waals surface area contributed by atoms with Crippen LogP contribution in [0, 0.1) is 0 Å². The van der Waals surface area contributed by atoms with E-state index in [-0.39, 0.29) is 18.9 Å². The van der Waals surface area contributed by atoms with E-state index in [2.05, 4.69) is 22.4 Å². The molecule has 1 heterocycles. The molecule has 1 aliphatic carbocycles. The number of carbonyl (C=O) groups is 2. The Morgan fingerprint density at radius 3 is 2.00 bits per heavy atom. The maximum atomic E-state index is 12.6. The standard InChI is InChI=1S/C29H24N2O4/c32-28(33)27(17-19-9-11-20(12-10-19)21-13-15-30-16-14-21)31-29(34)35-18-26-24-7-3-1-5-22(24)23-6-2-4-8-25(23)26/h1-16,26-27H,17-18H2,(H,31,34)(H,32,33). The second kappa shape index (κ2) is 9.81. The third kappa shape index (κ3) is 4.77. The monoisotopic (exact) mass is 464 g/mol. The number of hydrogen-bond donors (Lipinski definition) is 2. The first-order valence-corrected chi connectivity index (χ1v) is 11.4. The highest BCUT2D eigenvalue weighted by molar-refractivity contribution is 5.81. The van der Waals surface area contributed by atoms with E-state index in [0.717, 1.165) is 38.9 Å². The Balaban J connectivity index is 1.23. The van der Waals surface area contributed by atoms with Crippen LogP contribution in [-0.2, 0) is 16.0 Å². The number of ether oxygens (including phenoxy) is 1. The molecule has 0 fully saturated rings. The van der Waals surface area contributed by atoms with Gasteiger partial charge in [-0.05, 0) is 51.1 Å². The van der Waals surface area contributed by atoms with Crippen LogP contribution in [0.5, 0.6) is 0 Å². The number of carboxylic acid groups (broad SMARTS) is 1. The molecule has 6 nitrogen and oxygen atoms in total. The first kappa shape index (κ1) is 22.3. The lowest BCUT2D eigenvalue weighted by Gasteiger charge is -2.17. The molecule has 1 atom stereocenters. The number of carbonyl (C=O) groups excluding carboxylic acids is 1. The van der Waals surface area contributed by atoms with E-state index in [9.17, 15) is 14.7 Å². The lowest BCUT2D eigenvalue weighted by Crippen LogP contribution is -2.42. The Hall–Kier alpha value is -4.45. The summed E-state index contributed by atoms with van der Waals surface area (Å²) in [6, 6.07) is 26.4. The van der Waals surface area contributed by atoms with Crippen molar-refractivity contribution < 1.29 is 19.4 Å². The molecule has 3 aromatic carbocycles. The quantitative estimate of drug-likeness (QED) is 0.388. The van der Waals surface area contributed by atoms with Gasteiger partial charge in [0, 0.05) is 24.7 Å². The van der Waals surface area contributed by atoms with Gasteiger partial charge in [0.25, 0.3) is 0 Å². The van der Waals surface area contributed by atoms with Crippen molar-refractivity contribution in [2.75, 3.05) is 6.61 Å². The SMILES string of the molecule is O=C(NC(Cc1ccc(-c2ccncc2)cc1)C(=O)O)OCC1c2ccccc2-c2ccccc21. The van der Waals surface area contributed by atoms with Gasteiger partial charge in [0.05, 0.1) is 0 Å². The number of rotatable bonds is 7. The highest BCUT2D eigenvalue weighted by Gasteiger charge is 2.29. The molecule has 0 spiro atoms. The van der Waals surface area contributed by atoms with Gasteiger partial charge in [0.15, 0.2) is 0 Å². The van der Waals surface area contributed by atoms with Gasteiger partial charge in [-0.3, -0.25) is 4.98 Å². The summed E-state index contributed by atoms with van der Waals surface area (Å²) in [6.07, 6.45) is 2.85. The number of aromatic nitrogens is 1. The first-order valence-electron chi connectivity index (χ1n) is 11.4. The van der Waals surface area contributed by atoms with E-state index in [1.807, 2.05) is 72.8 Å². The summed E-state index contributed by atoms with van der Waals surface area (Å²) in [5.74, 6) is -1.20. The molecule has 1 aromatic heterocycles. The third-order valence-electron chi connectivity index (χ3n) is 6.34. The molecule has 1 unspecified atom stereocenters. The number of benzene rings is 3. The van der Waals surface area contributed by atoms with Crippen LogP contribution in [0.1, 0.15) is 22.6 Å². The number of fused-ring (bicyclic) bond motifs is 3. The molecule has 5 rings (SSSR count). The molecule has 0 aliphatic heterocycles. The van der Waals surface area contributed by atoms with Crippen LogP contribution in [-0.4, -0.2) is 34.8 Å². The van der Waals surface area contributed by atoms with Crippen LogP contribution in [0.3, 0.4) is 0 Å². The van der Waals surface area contributed by atoms with Crippen molar-refractivity contribution in [2.24, 2.45) is 0 Å². The molecule has 6 heteroatoms. The second-order valence-corrected chi connectivity index (χ2v) is 8.50. The number of carboxylic acids is 1. The molecule has 0 saturated heterocycles. The van der Waals surface area contributed by atoms with Gasteiger partial charge in [-0.15, -0.1) is 0 Å². The topological polar surface area (TPSA) is 88.5 Å². The average Bonchev–Trinajstić information content (AvgIpc) is 3.21. The molecule has 0 saturated carbocycles. The zero-order valence-corrected chi connectivity index (χ0v) is 18.9. The van der Waals surface area contributed by atoms with E-state index in [0.29, 0.717) is 0 Å². The van der Waals surface area contributed by atoms with Crippen LogP contribution >= 0.6 is 0 Å². The van der Waals surface area contributed by atoms with Gasteiger partial charge in [0.1, 0.15) is 12.6 Å². The minimum atomic E-state index is -1.11. The number of nitrogens with zero attached hydrogens (tertiary/aromatic N) is 1. The number of pyridine rings is 1.